The molecule has 4 nitrogen and oxygen atoms in total. The molecule has 4 rings (SSSR count). The van der Waals surface area contributed by atoms with E-state index < -0.39 is 0 Å². The van der Waals surface area contributed by atoms with Gasteiger partial charge in [-0.1, -0.05) is 24.3 Å². The summed E-state index contributed by atoms with van der Waals surface area (Å²) in [6.45, 7) is 1.50. The van der Waals surface area contributed by atoms with E-state index >= 15 is 0 Å². The highest BCUT2D eigenvalue weighted by Crippen LogP contribution is 2.34. The average molecular weight is 314 g/mol. The number of nitrogens with one attached hydrogen (secondary N) is 1. The predicted octanol–water partition coefficient (Wildman–Crippen LogP) is 3.06. The maximum atomic E-state index is 12.2. The molecule has 0 spiro atoms. The summed E-state index contributed by atoms with van der Waals surface area (Å²) < 4.78 is 5.61. The quantitative estimate of drug-likeness (QED) is 0.943. The third-order valence-electron chi connectivity index (χ3n) is 4.42. The molecule has 1 aliphatic heterocycles. The molecule has 2 aliphatic rings. The number of benzene rings is 1. The Balaban J connectivity index is 1.35. The van der Waals surface area contributed by atoms with Crippen molar-refractivity contribution in [1.29, 1.82) is 0 Å². The fourth-order valence-electron chi connectivity index (χ4n) is 3.16. The molecule has 1 aromatic heterocycles. The van der Waals surface area contributed by atoms with Crippen LogP contribution in [0.25, 0.3) is 0 Å². The van der Waals surface area contributed by atoms with Gasteiger partial charge in [-0.15, -0.1) is 11.3 Å². The van der Waals surface area contributed by atoms with Crippen LogP contribution in [0, 0.1) is 0 Å². The van der Waals surface area contributed by atoms with E-state index in [1.165, 1.54) is 22.5 Å². The molecule has 1 aliphatic carbocycles. The monoisotopic (exact) mass is 314 g/mol. The fraction of sp³-hybridized carbons (Fsp3) is 0.412. The Labute approximate surface area is 133 Å². The molecule has 1 N–H and O–H groups in total. The Morgan fingerprint density at radius 1 is 1.41 bits per heavy atom. The van der Waals surface area contributed by atoms with E-state index in [0.29, 0.717) is 17.3 Å². The molecule has 0 radical (unpaired) electrons. The van der Waals surface area contributed by atoms with E-state index in [1.807, 2.05) is 0 Å². The van der Waals surface area contributed by atoms with E-state index in [-0.39, 0.29) is 12.0 Å². The van der Waals surface area contributed by atoms with Crippen LogP contribution in [0.2, 0.25) is 0 Å². The van der Waals surface area contributed by atoms with Gasteiger partial charge in [-0.3, -0.25) is 4.79 Å². The van der Waals surface area contributed by atoms with Gasteiger partial charge in [0.1, 0.15) is 16.0 Å². The minimum absolute atomic E-state index is 0.0221. The average Bonchev–Trinajstić information content (AvgIpc) is 3.19. The van der Waals surface area contributed by atoms with Crippen LogP contribution in [-0.4, -0.2) is 24.0 Å². The summed E-state index contributed by atoms with van der Waals surface area (Å²) in [6.07, 6.45) is 4.90. The van der Waals surface area contributed by atoms with E-state index in [2.05, 4.69) is 34.6 Å². The van der Waals surface area contributed by atoms with Crippen LogP contribution in [0.4, 0.5) is 0 Å². The zero-order valence-corrected chi connectivity index (χ0v) is 13.1. The summed E-state index contributed by atoms with van der Waals surface area (Å²) in [5.41, 5.74) is 2.77. The normalized spacial score (nSPS) is 22.9. The Morgan fingerprint density at radius 3 is 3.14 bits per heavy atom. The molecule has 0 saturated carbocycles. The molecule has 114 valence electrons. The number of carbonyl (C=O) groups excluding carboxylic acids is 1. The first-order valence-corrected chi connectivity index (χ1v) is 8.56. The number of aromatic nitrogens is 1. The number of thiazole rings is 1. The van der Waals surface area contributed by atoms with Crippen molar-refractivity contribution < 1.29 is 9.53 Å². The van der Waals surface area contributed by atoms with Gasteiger partial charge >= 0.3 is 0 Å². The lowest BCUT2D eigenvalue weighted by molar-refractivity contribution is 0.0954. The van der Waals surface area contributed by atoms with Crippen LogP contribution in [0.5, 0.6) is 0 Å². The first kappa shape index (κ1) is 13.9. The topological polar surface area (TPSA) is 51.2 Å². The maximum absolute atomic E-state index is 12.2. The highest BCUT2D eigenvalue weighted by atomic mass is 32.1. The second-order valence-electron chi connectivity index (χ2n) is 5.87. The molecule has 1 fully saturated rings. The van der Waals surface area contributed by atoms with E-state index in [1.54, 1.807) is 6.20 Å². The zero-order chi connectivity index (χ0) is 14.9. The Hall–Kier alpha value is -1.72. The van der Waals surface area contributed by atoms with Crippen molar-refractivity contribution in [3.05, 3.63) is 51.5 Å². The van der Waals surface area contributed by atoms with Crippen molar-refractivity contribution in [2.75, 3.05) is 13.2 Å². The van der Waals surface area contributed by atoms with Crippen molar-refractivity contribution in [1.82, 2.24) is 10.3 Å². The molecule has 0 bridgehead atoms. The first-order valence-electron chi connectivity index (χ1n) is 7.74. The third kappa shape index (κ3) is 2.55. The van der Waals surface area contributed by atoms with Crippen LogP contribution in [0.1, 0.15) is 50.7 Å². The minimum atomic E-state index is -0.0221. The molecule has 2 atom stereocenters. The number of ether oxygens (including phenoxy) is 1. The number of rotatable bonds is 4. The molecule has 0 unspecified atom stereocenters. The fourth-order valence-corrected chi connectivity index (χ4v) is 4.08. The number of amides is 1. The Kier molecular flexibility index (Phi) is 3.68. The van der Waals surface area contributed by atoms with Gasteiger partial charge in [0.25, 0.3) is 5.91 Å². The maximum Gasteiger partial charge on any atom is 0.263 e. The molecule has 1 aromatic carbocycles. The molecule has 2 heterocycles. The van der Waals surface area contributed by atoms with Crippen LogP contribution < -0.4 is 5.32 Å². The van der Waals surface area contributed by atoms with Crippen LogP contribution in [-0.2, 0) is 11.2 Å². The summed E-state index contributed by atoms with van der Waals surface area (Å²) in [5, 5.41) is 3.96. The lowest BCUT2D eigenvalue weighted by Gasteiger charge is -2.30. The second kappa shape index (κ2) is 5.82. The smallest absolute Gasteiger partial charge is 0.263 e. The van der Waals surface area contributed by atoms with Gasteiger partial charge in [0, 0.05) is 19.1 Å². The molecule has 1 amide bonds. The molecule has 5 heteroatoms. The van der Waals surface area contributed by atoms with Crippen LogP contribution in [0.15, 0.2) is 30.5 Å². The number of nitrogens with zero attached hydrogens (tertiary/aromatic N) is 1. The van der Waals surface area contributed by atoms with E-state index in [9.17, 15) is 4.79 Å². The number of fused-ring (bicyclic) bond motifs is 1. The molecular formula is C17H18N2O2S. The number of hydrogen-bond donors (Lipinski definition) is 1. The lowest BCUT2D eigenvalue weighted by Crippen LogP contribution is -2.32. The van der Waals surface area contributed by atoms with Crippen molar-refractivity contribution in [2.45, 2.75) is 31.3 Å². The van der Waals surface area contributed by atoms with Crippen molar-refractivity contribution in [3.8, 4) is 0 Å². The van der Waals surface area contributed by atoms with Gasteiger partial charge in [-0.2, -0.15) is 0 Å². The molecular weight excluding hydrogens is 296 g/mol. The molecule has 1 saturated heterocycles. The predicted molar refractivity (Wildman–Crippen MR) is 85.3 cm³/mol. The van der Waals surface area contributed by atoms with Crippen LogP contribution in [0.3, 0.4) is 0 Å². The van der Waals surface area contributed by atoms with E-state index in [0.717, 1.165) is 30.9 Å². The standard InChI is InChI=1S/C17H18N2O2S/c20-16(15-10-19-17(22-15)14-6-3-7-21-14)18-9-12-8-11-4-1-2-5-13(11)12/h1-2,4-5,10,12,14H,3,6-9H2,(H,18,20)/t12-,14-/m0/s1. The largest absolute Gasteiger partial charge is 0.371 e. The third-order valence-corrected chi connectivity index (χ3v) is 5.51. The van der Waals surface area contributed by atoms with Gasteiger partial charge in [-0.05, 0) is 30.4 Å². The summed E-state index contributed by atoms with van der Waals surface area (Å²) in [7, 11) is 0. The second-order valence-corrected chi connectivity index (χ2v) is 6.94. The van der Waals surface area contributed by atoms with Gasteiger partial charge in [0.15, 0.2) is 0 Å². The SMILES string of the molecule is O=C(NC[C@@H]1Cc2ccccc21)c1cnc([C@@H]2CCCO2)s1. The highest BCUT2D eigenvalue weighted by molar-refractivity contribution is 7.13. The van der Waals surface area contributed by atoms with Gasteiger partial charge in [0.2, 0.25) is 0 Å². The van der Waals surface area contributed by atoms with Crippen LogP contribution >= 0.6 is 11.3 Å². The molecule has 22 heavy (non-hydrogen) atoms. The summed E-state index contributed by atoms with van der Waals surface area (Å²) >= 11 is 1.45. The summed E-state index contributed by atoms with van der Waals surface area (Å²) in [6, 6.07) is 8.43. The lowest BCUT2D eigenvalue weighted by atomic mass is 9.77. The highest BCUT2D eigenvalue weighted by Gasteiger charge is 2.26. The summed E-state index contributed by atoms with van der Waals surface area (Å²) in [4.78, 5) is 17.3. The minimum Gasteiger partial charge on any atom is -0.371 e. The number of hydrogen-bond acceptors (Lipinski definition) is 4. The van der Waals surface area contributed by atoms with Crippen molar-refractivity contribution in [2.24, 2.45) is 0 Å². The van der Waals surface area contributed by atoms with E-state index in [4.69, 9.17) is 4.74 Å². The van der Waals surface area contributed by atoms with Crippen molar-refractivity contribution in [3.63, 3.8) is 0 Å². The Bertz CT molecular complexity index is 691. The zero-order valence-electron chi connectivity index (χ0n) is 12.2. The number of carbonyl (C=O) groups is 1. The van der Waals surface area contributed by atoms with Gasteiger partial charge < -0.3 is 10.1 Å². The Morgan fingerprint density at radius 2 is 2.32 bits per heavy atom. The molecule has 2 aromatic rings. The first-order chi connectivity index (χ1) is 10.8. The van der Waals surface area contributed by atoms with Gasteiger partial charge in [0.05, 0.1) is 6.20 Å². The summed E-state index contributed by atoms with van der Waals surface area (Å²) in [5.74, 6) is 0.428. The van der Waals surface area contributed by atoms with Crippen molar-refractivity contribution >= 4 is 17.2 Å². The van der Waals surface area contributed by atoms with Gasteiger partial charge in [-0.25, -0.2) is 4.98 Å².